The summed E-state index contributed by atoms with van der Waals surface area (Å²) in [4.78, 5) is 22.2. The standard InChI is InChI=1S/C50H93O3/c1-2-3-4-5-6-7-8-9-10-23-26-29-32-35-38-41-44-47-50(52)53-49-46-43-40-37-34-31-28-25-22-20-18-16-14-12-11-13-15-17-19-21-24-27-30-33-36-39-42-45-48-51/h9-10,26,29H,2-8,11-25,27-28,30-47,49H2,1H3/b10-9+,29-26+. The summed E-state index contributed by atoms with van der Waals surface area (Å²) in [6.45, 7) is 2.89. The number of rotatable bonds is 46. The van der Waals surface area contributed by atoms with Crippen LogP contribution in [-0.2, 0) is 14.3 Å². The summed E-state index contributed by atoms with van der Waals surface area (Å²) in [5.74, 6) is 0.00634. The molecule has 0 aromatic carbocycles. The highest BCUT2D eigenvalue weighted by atomic mass is 16.5. The average molecular weight is 742 g/mol. The van der Waals surface area contributed by atoms with Crippen LogP contribution < -0.4 is 0 Å². The first-order chi connectivity index (χ1) is 26.3. The highest BCUT2D eigenvalue weighted by Gasteiger charge is 2.03. The van der Waals surface area contributed by atoms with Gasteiger partial charge < -0.3 is 4.74 Å². The predicted molar refractivity (Wildman–Crippen MR) is 235 cm³/mol. The second-order valence-corrected chi connectivity index (χ2v) is 16.3. The second kappa shape index (κ2) is 48.6. The van der Waals surface area contributed by atoms with Crippen molar-refractivity contribution in [2.45, 2.75) is 277 Å². The quantitative estimate of drug-likeness (QED) is 0.0354. The van der Waals surface area contributed by atoms with Crippen molar-refractivity contribution in [1.82, 2.24) is 0 Å². The minimum absolute atomic E-state index is 0.00634. The Bertz CT molecular complexity index is 756. The summed E-state index contributed by atoms with van der Waals surface area (Å²) in [6, 6.07) is 0. The number of allylic oxidation sites excluding steroid dienone is 4. The van der Waals surface area contributed by atoms with Crippen LogP contribution in [0.3, 0.4) is 0 Å². The summed E-state index contributed by atoms with van der Waals surface area (Å²) < 4.78 is 5.47. The largest absolute Gasteiger partial charge is 0.466 e. The van der Waals surface area contributed by atoms with Crippen LogP contribution in [0.1, 0.15) is 277 Å². The molecule has 0 rings (SSSR count). The molecule has 0 saturated carbocycles. The number of esters is 1. The summed E-state index contributed by atoms with van der Waals surface area (Å²) in [7, 11) is 0. The van der Waals surface area contributed by atoms with E-state index in [-0.39, 0.29) is 5.97 Å². The van der Waals surface area contributed by atoms with E-state index in [1.54, 1.807) is 0 Å². The zero-order valence-electron chi connectivity index (χ0n) is 35.9. The third-order valence-electron chi connectivity index (χ3n) is 11.0. The van der Waals surface area contributed by atoms with Crippen molar-refractivity contribution in [2.75, 3.05) is 6.61 Å². The van der Waals surface area contributed by atoms with Crippen molar-refractivity contribution in [1.29, 1.82) is 0 Å². The lowest BCUT2D eigenvalue weighted by molar-refractivity contribution is -0.143. The number of hydrogen-bond donors (Lipinski definition) is 0. The fraction of sp³-hybridized carbons (Fsp3) is 0.880. The molecule has 0 bridgehead atoms. The first-order valence-electron chi connectivity index (χ1n) is 24.1. The van der Waals surface area contributed by atoms with Gasteiger partial charge in [-0.3, -0.25) is 9.59 Å². The Balaban J connectivity index is 3.19. The van der Waals surface area contributed by atoms with Gasteiger partial charge in [0.25, 0.3) is 0 Å². The highest BCUT2D eigenvalue weighted by molar-refractivity contribution is 5.69. The van der Waals surface area contributed by atoms with Gasteiger partial charge in [0, 0.05) is 12.8 Å². The van der Waals surface area contributed by atoms with E-state index in [1.807, 2.05) is 6.29 Å². The van der Waals surface area contributed by atoms with Gasteiger partial charge in [-0.05, 0) is 51.4 Å². The van der Waals surface area contributed by atoms with Gasteiger partial charge in [0.15, 0.2) is 6.29 Å². The van der Waals surface area contributed by atoms with E-state index >= 15 is 0 Å². The Labute approximate surface area is 333 Å². The molecule has 1 radical (unpaired) electrons. The Morgan fingerprint density at radius 2 is 0.717 bits per heavy atom. The minimum atomic E-state index is 0.00634. The third kappa shape index (κ3) is 48.6. The smallest absolute Gasteiger partial charge is 0.305 e. The molecule has 0 aromatic heterocycles. The number of carbonyl (C=O) groups is 1. The highest BCUT2D eigenvalue weighted by Crippen LogP contribution is 2.17. The Kier molecular flexibility index (Phi) is 47.4. The van der Waals surface area contributed by atoms with Gasteiger partial charge in [-0.25, -0.2) is 0 Å². The van der Waals surface area contributed by atoms with Gasteiger partial charge in [0.1, 0.15) is 0 Å². The summed E-state index contributed by atoms with van der Waals surface area (Å²) in [6.07, 6.45) is 65.6. The van der Waals surface area contributed by atoms with Crippen molar-refractivity contribution in [2.24, 2.45) is 0 Å². The van der Waals surface area contributed by atoms with Crippen molar-refractivity contribution >= 4 is 12.3 Å². The molecule has 0 fully saturated rings. The van der Waals surface area contributed by atoms with Crippen molar-refractivity contribution < 1.29 is 14.3 Å². The number of carbonyl (C=O) groups excluding carboxylic acids is 2. The molecule has 0 aromatic rings. The molecular weight excluding hydrogens is 649 g/mol. The van der Waals surface area contributed by atoms with E-state index < -0.39 is 0 Å². The zero-order valence-corrected chi connectivity index (χ0v) is 35.9. The molecule has 0 aliphatic heterocycles. The normalized spacial score (nSPS) is 11.7. The summed E-state index contributed by atoms with van der Waals surface area (Å²) >= 11 is 0. The second-order valence-electron chi connectivity index (χ2n) is 16.3. The van der Waals surface area contributed by atoms with E-state index in [1.165, 1.54) is 218 Å². The van der Waals surface area contributed by atoms with Crippen LogP contribution in [0.5, 0.6) is 0 Å². The number of ether oxygens (including phenoxy) is 1. The Morgan fingerprint density at radius 3 is 1.09 bits per heavy atom. The average Bonchev–Trinajstić information content (AvgIpc) is 3.16. The molecule has 0 spiro atoms. The van der Waals surface area contributed by atoms with Gasteiger partial charge in [0.2, 0.25) is 0 Å². The molecule has 0 amide bonds. The van der Waals surface area contributed by atoms with Crippen molar-refractivity contribution in [3.8, 4) is 0 Å². The first kappa shape index (κ1) is 51.6. The molecule has 0 aliphatic rings. The van der Waals surface area contributed by atoms with E-state index in [9.17, 15) is 9.59 Å². The van der Waals surface area contributed by atoms with E-state index in [2.05, 4.69) is 31.2 Å². The Hall–Kier alpha value is -1.38. The maximum Gasteiger partial charge on any atom is 0.305 e. The molecule has 0 unspecified atom stereocenters. The van der Waals surface area contributed by atoms with Crippen LogP contribution in [0.4, 0.5) is 0 Å². The van der Waals surface area contributed by atoms with Crippen LogP contribution in [0.15, 0.2) is 24.3 Å². The number of hydrogen-bond acceptors (Lipinski definition) is 3. The fourth-order valence-electron chi connectivity index (χ4n) is 7.41. The summed E-state index contributed by atoms with van der Waals surface area (Å²) in [5, 5.41) is 0. The van der Waals surface area contributed by atoms with E-state index in [4.69, 9.17) is 4.74 Å². The predicted octanol–water partition coefficient (Wildman–Crippen LogP) is 17.2. The molecule has 53 heavy (non-hydrogen) atoms. The zero-order chi connectivity index (χ0) is 38.2. The van der Waals surface area contributed by atoms with E-state index in [0.29, 0.717) is 19.4 Å². The fourth-order valence-corrected chi connectivity index (χ4v) is 7.41. The van der Waals surface area contributed by atoms with Crippen molar-refractivity contribution in [3.63, 3.8) is 0 Å². The van der Waals surface area contributed by atoms with Gasteiger partial charge >= 0.3 is 5.97 Å². The van der Waals surface area contributed by atoms with Crippen LogP contribution in [0, 0.1) is 0 Å². The van der Waals surface area contributed by atoms with Gasteiger partial charge in [0.05, 0.1) is 6.61 Å². The number of unbranched alkanes of at least 4 members (excludes halogenated alkanes) is 37. The lowest BCUT2D eigenvalue weighted by Crippen LogP contribution is -2.05. The van der Waals surface area contributed by atoms with Gasteiger partial charge in [-0.15, -0.1) is 0 Å². The molecule has 0 heterocycles. The minimum Gasteiger partial charge on any atom is -0.466 e. The molecule has 0 N–H and O–H groups in total. The van der Waals surface area contributed by atoms with E-state index in [0.717, 1.165) is 38.5 Å². The molecule has 311 valence electrons. The van der Waals surface area contributed by atoms with Crippen LogP contribution in [-0.4, -0.2) is 18.9 Å². The summed E-state index contributed by atoms with van der Waals surface area (Å²) in [5.41, 5.74) is 0. The van der Waals surface area contributed by atoms with Gasteiger partial charge in [-0.2, -0.15) is 0 Å². The Morgan fingerprint density at radius 1 is 0.396 bits per heavy atom. The molecule has 0 aliphatic carbocycles. The lowest BCUT2D eigenvalue weighted by atomic mass is 10.0. The molecule has 0 saturated heterocycles. The van der Waals surface area contributed by atoms with Crippen LogP contribution >= 0.6 is 0 Å². The van der Waals surface area contributed by atoms with Crippen LogP contribution in [0.2, 0.25) is 0 Å². The molecule has 3 nitrogen and oxygen atoms in total. The van der Waals surface area contributed by atoms with Crippen LogP contribution in [0.25, 0.3) is 0 Å². The van der Waals surface area contributed by atoms with Crippen molar-refractivity contribution in [3.05, 3.63) is 24.3 Å². The lowest BCUT2D eigenvalue weighted by Gasteiger charge is -2.05. The molecular formula is C50H93O3. The monoisotopic (exact) mass is 742 g/mol. The van der Waals surface area contributed by atoms with Gasteiger partial charge in [-0.1, -0.05) is 237 Å². The SMILES string of the molecule is CCCCCCCC/C=C/C/C=C/CCCCCCC(=O)OCCCCCCCCCCCCCCCCCCCCCCCCCCCCC[C]=O. The topological polar surface area (TPSA) is 43.4 Å². The maximum atomic E-state index is 12.0. The maximum absolute atomic E-state index is 12.0. The third-order valence-corrected chi connectivity index (χ3v) is 11.0. The molecule has 0 atom stereocenters. The first-order valence-corrected chi connectivity index (χ1v) is 24.1. The molecule has 3 heteroatoms.